The summed E-state index contributed by atoms with van der Waals surface area (Å²) in [5.41, 5.74) is 2.61. The van der Waals surface area contributed by atoms with E-state index >= 15 is 0 Å². The highest BCUT2D eigenvalue weighted by atomic mass is 127. The maximum atomic E-state index is 11.7. The van der Waals surface area contributed by atoms with E-state index in [-0.39, 0.29) is 28.9 Å². The van der Waals surface area contributed by atoms with Gasteiger partial charge >= 0.3 is 0 Å². The predicted molar refractivity (Wildman–Crippen MR) is 129 cm³/mol. The van der Waals surface area contributed by atoms with Gasteiger partial charge in [0.05, 0.1) is 9.79 Å². The SMILES string of the molecule is CN=C(NCCc1ccc(S(N)(=O)=O)cc1)NCc1ccc(S(C)(=O)=O)c(C)c1.I. The summed E-state index contributed by atoms with van der Waals surface area (Å²) in [6, 6.07) is 11.7. The van der Waals surface area contributed by atoms with Gasteiger partial charge in [-0.25, -0.2) is 22.0 Å². The van der Waals surface area contributed by atoms with Crippen LogP contribution in [-0.4, -0.2) is 42.6 Å². The molecule has 4 N–H and O–H groups in total. The second-order valence-corrected chi connectivity index (χ2v) is 10.2. The molecule has 0 amide bonds. The van der Waals surface area contributed by atoms with E-state index < -0.39 is 19.9 Å². The predicted octanol–water partition coefficient (Wildman–Crippen LogP) is 1.57. The molecule has 0 aliphatic rings. The number of nitrogens with zero attached hydrogens (tertiary/aromatic N) is 1. The van der Waals surface area contributed by atoms with Crippen molar-refractivity contribution in [2.24, 2.45) is 10.1 Å². The van der Waals surface area contributed by atoms with Crippen molar-refractivity contribution in [1.29, 1.82) is 0 Å². The molecule has 0 unspecified atom stereocenters. The third-order valence-electron chi connectivity index (χ3n) is 4.28. The molecule has 11 heteroatoms. The topological polar surface area (TPSA) is 131 Å². The lowest BCUT2D eigenvalue weighted by atomic mass is 10.1. The number of guanidine groups is 1. The van der Waals surface area contributed by atoms with Crippen LogP contribution in [0.5, 0.6) is 0 Å². The van der Waals surface area contributed by atoms with E-state index in [0.29, 0.717) is 35.9 Å². The third kappa shape index (κ3) is 7.85. The number of nitrogens with two attached hydrogens (primary N) is 1. The van der Waals surface area contributed by atoms with Crippen LogP contribution in [0.3, 0.4) is 0 Å². The number of nitrogens with one attached hydrogen (secondary N) is 2. The van der Waals surface area contributed by atoms with Gasteiger partial charge < -0.3 is 10.6 Å². The lowest BCUT2D eigenvalue weighted by molar-refractivity contribution is 0.597. The number of primary sulfonamides is 1. The molecule has 0 aliphatic heterocycles. The zero-order valence-corrected chi connectivity index (χ0v) is 21.0. The molecule has 2 aromatic carbocycles. The fourth-order valence-electron chi connectivity index (χ4n) is 2.81. The summed E-state index contributed by atoms with van der Waals surface area (Å²) >= 11 is 0. The van der Waals surface area contributed by atoms with Crippen LogP contribution in [0.25, 0.3) is 0 Å². The Morgan fingerprint density at radius 2 is 1.60 bits per heavy atom. The molecule has 0 atom stereocenters. The van der Waals surface area contributed by atoms with E-state index in [2.05, 4.69) is 15.6 Å². The van der Waals surface area contributed by atoms with Gasteiger partial charge in [0.25, 0.3) is 0 Å². The second kappa shape index (κ2) is 11.1. The Hall–Kier alpha value is -1.70. The van der Waals surface area contributed by atoms with Gasteiger partial charge in [-0.1, -0.05) is 24.3 Å². The first-order chi connectivity index (χ1) is 13.5. The van der Waals surface area contributed by atoms with E-state index in [1.807, 2.05) is 6.07 Å². The molecule has 166 valence electrons. The second-order valence-electron chi connectivity index (χ2n) is 6.66. The number of hydrogen-bond acceptors (Lipinski definition) is 5. The number of sulfone groups is 1. The number of rotatable bonds is 7. The Labute approximate surface area is 195 Å². The summed E-state index contributed by atoms with van der Waals surface area (Å²) in [5, 5.41) is 11.5. The van der Waals surface area contributed by atoms with E-state index in [0.717, 1.165) is 11.1 Å². The maximum absolute atomic E-state index is 11.7. The van der Waals surface area contributed by atoms with Crippen molar-refractivity contribution >= 4 is 49.8 Å². The van der Waals surface area contributed by atoms with Crippen LogP contribution >= 0.6 is 24.0 Å². The normalized spacial score (nSPS) is 12.2. The van der Waals surface area contributed by atoms with E-state index in [1.54, 1.807) is 38.2 Å². The summed E-state index contributed by atoms with van der Waals surface area (Å²) < 4.78 is 45.9. The van der Waals surface area contributed by atoms with E-state index in [9.17, 15) is 16.8 Å². The van der Waals surface area contributed by atoms with E-state index in [1.165, 1.54) is 18.4 Å². The Morgan fingerprint density at radius 3 is 2.10 bits per heavy atom. The monoisotopic (exact) mass is 566 g/mol. The van der Waals surface area contributed by atoms with Crippen LogP contribution in [0.4, 0.5) is 0 Å². The summed E-state index contributed by atoms with van der Waals surface area (Å²) in [6.07, 6.45) is 1.87. The molecule has 0 saturated heterocycles. The Morgan fingerprint density at radius 1 is 1.00 bits per heavy atom. The average Bonchev–Trinajstić information content (AvgIpc) is 2.63. The third-order valence-corrected chi connectivity index (χ3v) is 6.47. The maximum Gasteiger partial charge on any atom is 0.238 e. The molecule has 0 radical (unpaired) electrons. The number of hydrogen-bond donors (Lipinski definition) is 3. The molecule has 2 aromatic rings. The van der Waals surface area contributed by atoms with Gasteiger partial charge in [-0.2, -0.15) is 0 Å². The zero-order chi connectivity index (χ0) is 21.7. The van der Waals surface area contributed by atoms with Gasteiger partial charge in [0.15, 0.2) is 15.8 Å². The number of aryl methyl sites for hydroxylation is 1. The zero-order valence-electron chi connectivity index (χ0n) is 17.0. The standard InChI is InChI=1S/C19H26N4O4S2.HI/c1-14-12-16(6-9-18(14)28(3,24)25)13-23-19(21-2)22-11-10-15-4-7-17(8-5-15)29(20,26)27;/h4-9,12H,10-11,13H2,1-3H3,(H2,20,26,27)(H2,21,22,23);1H. The molecule has 0 heterocycles. The average molecular weight is 566 g/mol. The van der Waals surface area contributed by atoms with Gasteiger partial charge in [-0.3, -0.25) is 4.99 Å². The minimum atomic E-state index is -3.68. The summed E-state index contributed by atoms with van der Waals surface area (Å²) in [5.74, 6) is 0.607. The Kier molecular flexibility index (Phi) is 9.72. The summed E-state index contributed by atoms with van der Waals surface area (Å²) in [6.45, 7) is 2.86. The summed E-state index contributed by atoms with van der Waals surface area (Å²) in [7, 11) is -5.25. The fourth-order valence-corrected chi connectivity index (χ4v) is 4.29. The van der Waals surface area contributed by atoms with Gasteiger partial charge in [0.2, 0.25) is 10.0 Å². The van der Waals surface area contributed by atoms with Crippen molar-refractivity contribution in [1.82, 2.24) is 10.6 Å². The molecule has 0 fully saturated rings. The molecule has 0 aliphatic carbocycles. The minimum Gasteiger partial charge on any atom is -0.356 e. The number of halogens is 1. The first-order valence-corrected chi connectivity index (χ1v) is 12.3. The molecule has 0 aromatic heterocycles. The molecular formula is C19H27IN4O4S2. The quantitative estimate of drug-likeness (QED) is 0.265. The van der Waals surface area contributed by atoms with E-state index in [4.69, 9.17) is 5.14 Å². The largest absolute Gasteiger partial charge is 0.356 e. The van der Waals surface area contributed by atoms with Crippen LogP contribution in [-0.2, 0) is 32.8 Å². The van der Waals surface area contributed by atoms with Crippen LogP contribution < -0.4 is 15.8 Å². The Balaban J connectivity index is 0.00000450. The van der Waals surface area contributed by atoms with Gasteiger partial charge in [0.1, 0.15) is 0 Å². The molecular weight excluding hydrogens is 539 g/mol. The molecule has 0 saturated carbocycles. The van der Waals surface area contributed by atoms with Crippen LogP contribution in [0, 0.1) is 6.92 Å². The Bertz CT molecular complexity index is 1100. The van der Waals surface area contributed by atoms with Crippen molar-refractivity contribution in [3.63, 3.8) is 0 Å². The first kappa shape index (κ1) is 26.3. The first-order valence-electron chi connectivity index (χ1n) is 8.86. The van der Waals surface area contributed by atoms with Crippen molar-refractivity contribution in [2.45, 2.75) is 29.7 Å². The molecule has 0 bridgehead atoms. The number of aliphatic imine (C=N–C) groups is 1. The lowest BCUT2D eigenvalue weighted by Crippen LogP contribution is -2.37. The van der Waals surface area contributed by atoms with Gasteiger partial charge in [-0.05, 0) is 48.2 Å². The molecule has 2 rings (SSSR count). The highest BCUT2D eigenvalue weighted by Crippen LogP contribution is 2.16. The van der Waals surface area contributed by atoms with Crippen LogP contribution in [0.1, 0.15) is 16.7 Å². The lowest BCUT2D eigenvalue weighted by Gasteiger charge is -2.13. The summed E-state index contributed by atoms with van der Waals surface area (Å²) in [4.78, 5) is 4.58. The van der Waals surface area contributed by atoms with Crippen molar-refractivity contribution in [3.05, 3.63) is 59.2 Å². The molecule has 0 spiro atoms. The number of benzene rings is 2. The number of sulfonamides is 1. The van der Waals surface area contributed by atoms with Crippen molar-refractivity contribution in [3.8, 4) is 0 Å². The smallest absolute Gasteiger partial charge is 0.238 e. The molecule has 30 heavy (non-hydrogen) atoms. The minimum absolute atomic E-state index is 0. The fraction of sp³-hybridized carbons (Fsp3) is 0.316. The van der Waals surface area contributed by atoms with Gasteiger partial charge in [-0.15, -0.1) is 24.0 Å². The van der Waals surface area contributed by atoms with Crippen molar-refractivity contribution in [2.75, 3.05) is 19.8 Å². The molecule has 8 nitrogen and oxygen atoms in total. The van der Waals surface area contributed by atoms with Crippen molar-refractivity contribution < 1.29 is 16.8 Å². The highest BCUT2D eigenvalue weighted by Gasteiger charge is 2.11. The van der Waals surface area contributed by atoms with Crippen LogP contribution in [0.15, 0.2) is 57.2 Å². The van der Waals surface area contributed by atoms with Crippen LogP contribution in [0.2, 0.25) is 0 Å². The highest BCUT2D eigenvalue weighted by molar-refractivity contribution is 14.0. The van der Waals surface area contributed by atoms with Gasteiger partial charge in [0, 0.05) is 26.4 Å².